The molecule has 3 rings (SSSR count). The van der Waals surface area contributed by atoms with Crippen LogP contribution in [0.4, 0.5) is 5.69 Å². The molecule has 6 nitrogen and oxygen atoms in total. The Morgan fingerprint density at radius 1 is 0.938 bits per heavy atom. The van der Waals surface area contributed by atoms with E-state index in [-0.39, 0.29) is 16.8 Å². The van der Waals surface area contributed by atoms with Crippen molar-refractivity contribution in [3.8, 4) is 5.75 Å². The minimum Gasteiger partial charge on any atom is -0.495 e. The van der Waals surface area contributed by atoms with E-state index in [4.69, 9.17) is 4.74 Å². The molecule has 0 aliphatic heterocycles. The number of ether oxygens (including phenoxy) is 1. The van der Waals surface area contributed by atoms with Gasteiger partial charge in [-0.1, -0.05) is 48.5 Å². The molecular weight excluding hydrogens is 424 g/mol. The van der Waals surface area contributed by atoms with E-state index in [1.165, 1.54) is 30.6 Å². The molecule has 0 fully saturated rings. The quantitative estimate of drug-likeness (QED) is 0.523. The molecule has 3 aromatic rings. The Balaban J connectivity index is 1.96. The Morgan fingerprint density at radius 2 is 1.56 bits per heavy atom. The van der Waals surface area contributed by atoms with Crippen molar-refractivity contribution in [2.75, 3.05) is 25.5 Å². The van der Waals surface area contributed by atoms with Gasteiger partial charge in [0, 0.05) is 19.7 Å². The molecule has 0 heterocycles. The normalized spacial score (nSPS) is 12.2. The molecule has 0 radical (unpaired) electrons. The third-order valence-corrected chi connectivity index (χ3v) is 7.47. The van der Waals surface area contributed by atoms with Crippen molar-refractivity contribution in [1.82, 2.24) is 4.90 Å². The van der Waals surface area contributed by atoms with Gasteiger partial charge >= 0.3 is 0 Å². The number of para-hydroxylation sites is 2. The van der Waals surface area contributed by atoms with E-state index in [9.17, 15) is 13.2 Å². The lowest BCUT2D eigenvalue weighted by molar-refractivity contribution is 0.0741. The van der Waals surface area contributed by atoms with Crippen LogP contribution in [0.2, 0.25) is 0 Å². The fourth-order valence-electron chi connectivity index (χ4n) is 3.49. The largest absolute Gasteiger partial charge is 0.495 e. The smallest absolute Gasteiger partial charge is 0.264 e. The average Bonchev–Trinajstić information content (AvgIpc) is 2.82. The first-order chi connectivity index (χ1) is 15.2. The summed E-state index contributed by atoms with van der Waals surface area (Å²) in [7, 11) is 0.773. The monoisotopic (exact) mass is 452 g/mol. The first-order valence-corrected chi connectivity index (χ1v) is 11.7. The van der Waals surface area contributed by atoms with Crippen molar-refractivity contribution in [1.29, 1.82) is 0 Å². The summed E-state index contributed by atoms with van der Waals surface area (Å²) in [5, 5.41) is 0. The number of sulfonamides is 1. The Bertz CT molecular complexity index is 1210. The van der Waals surface area contributed by atoms with Crippen molar-refractivity contribution in [3.63, 3.8) is 0 Å². The van der Waals surface area contributed by atoms with Gasteiger partial charge in [0.25, 0.3) is 15.9 Å². The van der Waals surface area contributed by atoms with Crippen molar-refractivity contribution < 1.29 is 17.9 Å². The molecule has 0 aliphatic rings. The molecule has 1 unspecified atom stereocenters. The number of aryl methyl sites for hydroxylation is 1. The highest BCUT2D eigenvalue weighted by atomic mass is 32.2. The van der Waals surface area contributed by atoms with Gasteiger partial charge in [0.05, 0.1) is 23.7 Å². The third kappa shape index (κ3) is 4.48. The van der Waals surface area contributed by atoms with Gasteiger partial charge in [-0.25, -0.2) is 8.42 Å². The molecule has 1 atom stereocenters. The van der Waals surface area contributed by atoms with Crippen LogP contribution in [-0.4, -0.2) is 40.4 Å². The summed E-state index contributed by atoms with van der Waals surface area (Å²) in [5.41, 5.74) is 2.48. The standard InChI is InChI=1S/C25H28N2O4S/c1-18-15-16-21(32(29,30)27(4)23-13-9-10-14-24(23)31-5)17-22(18)25(28)26(3)19(2)20-11-7-6-8-12-20/h6-17,19H,1-5H3. The van der Waals surface area contributed by atoms with Gasteiger partial charge in [0.15, 0.2) is 0 Å². The van der Waals surface area contributed by atoms with Gasteiger partial charge < -0.3 is 9.64 Å². The van der Waals surface area contributed by atoms with E-state index < -0.39 is 10.0 Å². The molecule has 7 heteroatoms. The number of rotatable bonds is 7. The molecule has 32 heavy (non-hydrogen) atoms. The number of hydrogen-bond donors (Lipinski definition) is 0. The van der Waals surface area contributed by atoms with Crippen LogP contribution in [-0.2, 0) is 10.0 Å². The molecule has 0 saturated heterocycles. The van der Waals surface area contributed by atoms with Crippen LogP contribution in [0.5, 0.6) is 5.75 Å². The highest BCUT2D eigenvalue weighted by molar-refractivity contribution is 7.92. The van der Waals surface area contributed by atoms with Gasteiger partial charge in [-0.05, 0) is 49.2 Å². The van der Waals surface area contributed by atoms with Crippen LogP contribution in [0.15, 0.2) is 77.7 Å². The third-order valence-electron chi connectivity index (χ3n) is 5.71. The van der Waals surface area contributed by atoms with Crippen LogP contribution in [0.1, 0.15) is 34.5 Å². The number of benzene rings is 3. The Hall–Kier alpha value is -3.32. The summed E-state index contributed by atoms with van der Waals surface area (Å²) in [6.07, 6.45) is 0. The summed E-state index contributed by atoms with van der Waals surface area (Å²) < 4.78 is 33.2. The van der Waals surface area contributed by atoms with E-state index in [1.54, 1.807) is 49.2 Å². The van der Waals surface area contributed by atoms with Crippen LogP contribution >= 0.6 is 0 Å². The highest BCUT2D eigenvalue weighted by Gasteiger charge is 2.27. The van der Waals surface area contributed by atoms with E-state index >= 15 is 0 Å². The summed E-state index contributed by atoms with van der Waals surface area (Å²) in [6.45, 7) is 3.74. The van der Waals surface area contributed by atoms with Gasteiger partial charge in [0.1, 0.15) is 5.75 Å². The van der Waals surface area contributed by atoms with Gasteiger partial charge in [-0.3, -0.25) is 9.10 Å². The summed E-state index contributed by atoms with van der Waals surface area (Å²) in [5.74, 6) is 0.203. The second-order valence-corrected chi connectivity index (χ2v) is 9.59. The number of hydrogen-bond acceptors (Lipinski definition) is 4. The highest BCUT2D eigenvalue weighted by Crippen LogP contribution is 2.31. The zero-order valence-corrected chi connectivity index (χ0v) is 19.8. The SMILES string of the molecule is COc1ccccc1N(C)S(=O)(=O)c1ccc(C)c(C(=O)N(C)C(C)c2ccccc2)c1. The predicted octanol–water partition coefficient (Wildman–Crippen LogP) is 4.66. The lowest BCUT2D eigenvalue weighted by Gasteiger charge is -2.27. The van der Waals surface area contributed by atoms with E-state index in [2.05, 4.69) is 0 Å². The van der Waals surface area contributed by atoms with Gasteiger partial charge in [0.2, 0.25) is 0 Å². The van der Waals surface area contributed by atoms with E-state index in [0.29, 0.717) is 22.6 Å². The molecule has 0 spiro atoms. The Kier molecular flexibility index (Phi) is 6.89. The van der Waals surface area contributed by atoms with Gasteiger partial charge in [-0.15, -0.1) is 0 Å². The fraction of sp³-hybridized carbons (Fsp3) is 0.240. The maximum Gasteiger partial charge on any atom is 0.264 e. The number of methoxy groups -OCH3 is 1. The summed E-state index contributed by atoms with van der Waals surface area (Å²) in [6, 6.07) is 21.1. The maximum atomic E-state index is 13.4. The lowest BCUT2D eigenvalue weighted by Crippen LogP contribution is -2.31. The molecule has 0 N–H and O–H groups in total. The van der Waals surface area contributed by atoms with Crippen molar-refractivity contribution in [3.05, 3.63) is 89.5 Å². The predicted molar refractivity (Wildman–Crippen MR) is 127 cm³/mol. The minimum absolute atomic E-state index is 0.0422. The summed E-state index contributed by atoms with van der Waals surface area (Å²) >= 11 is 0. The molecule has 0 aliphatic carbocycles. The van der Waals surface area contributed by atoms with Crippen LogP contribution < -0.4 is 9.04 Å². The number of amides is 1. The second-order valence-electron chi connectivity index (χ2n) is 7.62. The van der Waals surface area contributed by atoms with Crippen LogP contribution in [0.25, 0.3) is 0 Å². The van der Waals surface area contributed by atoms with E-state index in [1.807, 2.05) is 37.3 Å². The average molecular weight is 453 g/mol. The molecule has 3 aromatic carbocycles. The molecule has 0 saturated carbocycles. The number of nitrogens with zero attached hydrogens (tertiary/aromatic N) is 2. The number of anilines is 1. The first-order valence-electron chi connectivity index (χ1n) is 10.2. The number of carbonyl (C=O) groups is 1. The maximum absolute atomic E-state index is 13.4. The topological polar surface area (TPSA) is 66.9 Å². The van der Waals surface area contributed by atoms with Crippen LogP contribution in [0.3, 0.4) is 0 Å². The van der Waals surface area contributed by atoms with Crippen LogP contribution in [0, 0.1) is 6.92 Å². The fourth-order valence-corrected chi connectivity index (χ4v) is 4.72. The molecule has 0 aromatic heterocycles. The zero-order chi connectivity index (χ0) is 23.5. The van der Waals surface area contributed by atoms with Crippen molar-refractivity contribution in [2.45, 2.75) is 24.8 Å². The van der Waals surface area contributed by atoms with Gasteiger partial charge in [-0.2, -0.15) is 0 Å². The minimum atomic E-state index is -3.91. The lowest BCUT2D eigenvalue weighted by atomic mass is 10.0. The summed E-state index contributed by atoms with van der Waals surface area (Å²) in [4.78, 5) is 15.0. The van der Waals surface area contributed by atoms with E-state index in [0.717, 1.165) is 5.56 Å². The molecule has 0 bridgehead atoms. The zero-order valence-electron chi connectivity index (χ0n) is 18.9. The number of carbonyl (C=O) groups excluding carboxylic acids is 1. The molecular formula is C25H28N2O4S. The molecule has 1 amide bonds. The van der Waals surface area contributed by atoms with Crippen molar-refractivity contribution in [2.24, 2.45) is 0 Å². The van der Waals surface area contributed by atoms with Crippen molar-refractivity contribution >= 4 is 21.6 Å². The molecule has 168 valence electrons. The Labute approximate surface area is 190 Å². The second kappa shape index (κ2) is 9.44. The Morgan fingerprint density at radius 3 is 2.22 bits per heavy atom. The first kappa shape index (κ1) is 23.3.